The molecule has 0 saturated carbocycles. The average Bonchev–Trinajstić information content (AvgIpc) is 3.91. The molecule has 370 valence electrons. The molecular weight excluding hydrogens is 939 g/mol. The van der Waals surface area contributed by atoms with E-state index in [1.807, 2.05) is 72.8 Å². The van der Waals surface area contributed by atoms with Crippen molar-refractivity contribution in [1.82, 2.24) is 9.97 Å². The molecule has 0 bridgehead atoms. The number of aromatic nitrogens is 4. The maximum atomic E-state index is 8.49. The van der Waals surface area contributed by atoms with Gasteiger partial charge in [0.25, 0.3) is 11.6 Å². The van der Waals surface area contributed by atoms with E-state index in [-0.39, 0.29) is 0 Å². The standard InChI is InChI=1S/C24H32O8.C16H14N4.2C2H3N.2ClHO4/c1-2-6-22-21(5-1)29-17-13-25-9-10-27-15-19-31-23-7-3-4-8-24(23)32-20-16-28-12-11-26-14-18-30-22;1-2-6-12-11(5-1)17-15(18-12)9-10-16-19-13-7-3-4-8-14(13)20-16;2*1-2-3;2*2-1(3,4)5/h1-8H,9-20H2;1-8H,9-10H2,(H,17,18)(H,19,20);2*1H3;2*(H,2,3,4,5). The van der Waals surface area contributed by atoms with Crippen LogP contribution in [0.3, 0.4) is 0 Å². The molecule has 2 aromatic heterocycles. The number of para-hydroxylation sites is 8. The number of imidazole rings is 2. The maximum absolute atomic E-state index is 8.49. The van der Waals surface area contributed by atoms with Gasteiger partial charge < -0.3 is 37.9 Å². The van der Waals surface area contributed by atoms with Crippen LogP contribution in [0.15, 0.2) is 97.1 Å². The number of H-pyrrole nitrogens is 4. The second-order valence-corrected chi connectivity index (χ2v) is 14.5. The fraction of sp³-hybridized carbons (Fsp3) is 0.364. The molecule has 0 radical (unpaired) electrons. The van der Waals surface area contributed by atoms with Crippen molar-refractivity contribution in [2.45, 2.75) is 26.7 Å². The van der Waals surface area contributed by atoms with Crippen molar-refractivity contribution in [3.8, 4) is 35.1 Å². The van der Waals surface area contributed by atoms with Crippen molar-refractivity contribution < 1.29 is 106 Å². The smallest absolute Gasteiger partial charge is 0.253 e. The van der Waals surface area contributed by atoms with Crippen LogP contribution in [0.25, 0.3) is 22.1 Å². The first-order chi connectivity index (χ1) is 32.6. The summed E-state index contributed by atoms with van der Waals surface area (Å²) in [7, 11) is -9.89. The molecule has 0 atom stereocenters. The lowest BCUT2D eigenvalue weighted by Gasteiger charge is -2.17. The molecule has 1 aliphatic rings. The summed E-state index contributed by atoms with van der Waals surface area (Å²) < 4.78 is 113. The molecule has 0 saturated heterocycles. The van der Waals surface area contributed by atoms with Crippen molar-refractivity contribution in [3.63, 3.8) is 0 Å². The van der Waals surface area contributed by atoms with Gasteiger partial charge in [0.05, 0.1) is 77.8 Å². The first-order valence-electron chi connectivity index (χ1n) is 20.5. The van der Waals surface area contributed by atoms with Crippen LogP contribution in [-0.4, -0.2) is 89.3 Å². The summed E-state index contributed by atoms with van der Waals surface area (Å²) >= 11 is 0. The zero-order valence-corrected chi connectivity index (χ0v) is 38.8. The SMILES string of the molecule is CC#N.CC#N.[O-][Cl+3]([O-])([O-])[O-].[O-][Cl+3]([O-])([O-])[O-].c1ccc2[nH+]c(CCc3[nH]c4ccccc4[nH+]3)[nH]c2c1.c1ccc2c(c1)OCCOCCOCCOc1ccccc1OCCOCCOCCO2. The van der Waals surface area contributed by atoms with Gasteiger partial charge in [-0.3, -0.25) is 0 Å². The molecular formula is C44H54Cl2N6O16. The molecule has 0 amide bonds. The molecule has 6 aromatic rings. The van der Waals surface area contributed by atoms with E-state index in [0.717, 1.165) is 46.6 Å². The zero-order valence-electron chi connectivity index (χ0n) is 37.3. The number of aryl methyl sites for hydroxylation is 2. The number of nitrogens with zero attached hydrogens (tertiary/aromatic N) is 2. The minimum Gasteiger partial charge on any atom is -0.487 e. The van der Waals surface area contributed by atoms with Gasteiger partial charge in [-0.05, 0) is 48.5 Å². The molecule has 22 nitrogen and oxygen atoms in total. The summed E-state index contributed by atoms with van der Waals surface area (Å²) in [5.41, 5.74) is 4.62. The maximum Gasteiger partial charge on any atom is 0.253 e. The van der Waals surface area contributed by atoms with Crippen LogP contribution in [-0.2, 0) is 31.8 Å². The number of nitriles is 2. The normalized spacial score (nSPS) is 13.9. The third kappa shape index (κ3) is 29.0. The molecule has 24 heteroatoms. The van der Waals surface area contributed by atoms with Crippen LogP contribution < -0.4 is 66.2 Å². The number of benzene rings is 4. The monoisotopic (exact) mass is 992 g/mol. The molecule has 0 fully saturated rings. The van der Waals surface area contributed by atoms with Gasteiger partial charge in [0, 0.05) is 13.8 Å². The van der Waals surface area contributed by atoms with Gasteiger partial charge in [-0.15, -0.1) is 20.5 Å². The van der Waals surface area contributed by atoms with Crippen molar-refractivity contribution in [2.24, 2.45) is 0 Å². The Hall–Kier alpha value is -5.90. The Kier molecular flexibility index (Phi) is 29.5. The quantitative estimate of drug-likeness (QED) is 0.174. The summed E-state index contributed by atoms with van der Waals surface area (Å²) in [5.74, 6) is 5.03. The fourth-order valence-corrected chi connectivity index (χ4v) is 5.48. The molecule has 1 aliphatic heterocycles. The van der Waals surface area contributed by atoms with E-state index in [1.54, 1.807) is 12.1 Å². The Labute approximate surface area is 396 Å². The highest BCUT2D eigenvalue weighted by atomic mass is 35.7. The lowest BCUT2D eigenvalue weighted by molar-refractivity contribution is -2.00. The molecule has 4 aromatic carbocycles. The van der Waals surface area contributed by atoms with Crippen molar-refractivity contribution in [1.29, 1.82) is 10.5 Å². The van der Waals surface area contributed by atoms with Crippen LogP contribution in [0.2, 0.25) is 0 Å². The summed E-state index contributed by atoms with van der Waals surface area (Å²) in [5, 5.41) is 14.6. The van der Waals surface area contributed by atoms with E-state index in [1.165, 1.54) is 13.8 Å². The minimum atomic E-state index is -4.94. The Morgan fingerprint density at radius 3 is 0.897 bits per heavy atom. The van der Waals surface area contributed by atoms with Gasteiger partial charge in [-0.1, -0.05) is 48.5 Å². The third-order valence-corrected chi connectivity index (χ3v) is 8.00. The zero-order chi connectivity index (χ0) is 49.9. The van der Waals surface area contributed by atoms with E-state index in [4.69, 9.17) is 85.7 Å². The van der Waals surface area contributed by atoms with E-state index >= 15 is 0 Å². The molecule has 7 rings (SSSR count). The van der Waals surface area contributed by atoms with Crippen molar-refractivity contribution in [2.75, 3.05) is 79.3 Å². The second kappa shape index (κ2) is 34.4. The van der Waals surface area contributed by atoms with Gasteiger partial charge in [0.2, 0.25) is 0 Å². The average molecular weight is 994 g/mol. The third-order valence-electron chi connectivity index (χ3n) is 8.00. The molecule has 68 heavy (non-hydrogen) atoms. The van der Waals surface area contributed by atoms with Gasteiger partial charge in [0.15, 0.2) is 45.1 Å². The van der Waals surface area contributed by atoms with E-state index in [0.29, 0.717) is 102 Å². The predicted molar refractivity (Wildman–Crippen MR) is 218 cm³/mol. The molecule has 0 spiro atoms. The Balaban J connectivity index is 0.000000371. The van der Waals surface area contributed by atoms with Crippen LogP contribution in [0.1, 0.15) is 25.5 Å². The van der Waals surface area contributed by atoms with Crippen LogP contribution in [0.5, 0.6) is 23.0 Å². The molecule has 4 N–H and O–H groups in total. The largest absolute Gasteiger partial charge is 0.487 e. The Morgan fingerprint density at radius 2 is 0.647 bits per heavy atom. The number of halogens is 2. The predicted octanol–water partition coefficient (Wildman–Crippen LogP) is -3.41. The summed E-state index contributed by atoms with van der Waals surface area (Å²) in [6.45, 7) is 8.34. The lowest BCUT2D eigenvalue weighted by Crippen LogP contribution is -2.68. The fourth-order valence-electron chi connectivity index (χ4n) is 5.48. The summed E-state index contributed by atoms with van der Waals surface area (Å²) in [6.07, 6.45) is 1.88. The van der Waals surface area contributed by atoms with Gasteiger partial charge in [0.1, 0.15) is 26.4 Å². The number of nitrogens with one attached hydrogen (secondary N) is 4. The van der Waals surface area contributed by atoms with Gasteiger partial charge >= 0.3 is 0 Å². The first kappa shape index (κ1) is 58.2. The lowest BCUT2D eigenvalue weighted by atomic mass is 10.3. The number of aromatic amines is 4. The van der Waals surface area contributed by atoms with Gasteiger partial charge in [-0.25, -0.2) is 57.2 Å². The number of hydrogen-bond donors (Lipinski definition) is 2. The Morgan fingerprint density at radius 1 is 0.426 bits per heavy atom. The minimum absolute atomic E-state index is 0.425. The van der Waals surface area contributed by atoms with Crippen molar-refractivity contribution >= 4 is 22.1 Å². The van der Waals surface area contributed by atoms with Crippen LogP contribution >= 0.6 is 0 Å². The Bertz CT molecular complexity index is 2030. The molecule has 0 aliphatic carbocycles. The van der Waals surface area contributed by atoms with Gasteiger partial charge in [-0.2, -0.15) is 10.5 Å². The number of fused-ring (bicyclic) bond motifs is 4. The van der Waals surface area contributed by atoms with E-state index < -0.39 is 20.5 Å². The highest BCUT2D eigenvalue weighted by molar-refractivity contribution is 5.71. The highest BCUT2D eigenvalue weighted by Crippen LogP contribution is 2.27. The van der Waals surface area contributed by atoms with Crippen molar-refractivity contribution in [3.05, 3.63) is 109 Å². The van der Waals surface area contributed by atoms with E-state index in [2.05, 4.69) is 44.2 Å². The topological polar surface area (TPSA) is 366 Å². The van der Waals surface area contributed by atoms with Crippen LogP contribution in [0.4, 0.5) is 0 Å². The molecule has 3 heterocycles. The number of hydrogen-bond acceptors (Lipinski definition) is 18. The number of ether oxygens (including phenoxy) is 8. The van der Waals surface area contributed by atoms with E-state index in [9.17, 15) is 0 Å². The number of rotatable bonds is 3. The summed E-state index contributed by atoms with van der Waals surface area (Å²) in [6, 6.07) is 35.1. The second-order valence-electron chi connectivity index (χ2n) is 13.0. The van der Waals surface area contributed by atoms with Crippen LogP contribution in [0, 0.1) is 43.1 Å². The summed E-state index contributed by atoms with van der Waals surface area (Å²) in [4.78, 5) is 13.7. The highest BCUT2D eigenvalue weighted by Gasteiger charge is 2.14. The molecule has 0 unspecified atom stereocenters. The first-order valence-corrected chi connectivity index (χ1v) is 22.9.